The van der Waals surface area contributed by atoms with Crippen LogP contribution in [-0.2, 0) is 11.3 Å². The minimum absolute atomic E-state index is 0.121. The van der Waals surface area contributed by atoms with Crippen LogP contribution in [0.2, 0.25) is 5.02 Å². The maximum Gasteiger partial charge on any atom is 0.367 e. The van der Waals surface area contributed by atoms with Gasteiger partial charge in [0.25, 0.3) is 0 Å². The van der Waals surface area contributed by atoms with E-state index in [1.165, 1.54) is 13.2 Å². The number of ether oxygens (including phenoxy) is 1. The molecule has 0 atom stereocenters. The van der Waals surface area contributed by atoms with Crippen LogP contribution in [0.1, 0.15) is 34.3 Å². The molecule has 0 unspecified atom stereocenters. The van der Waals surface area contributed by atoms with Crippen LogP contribution in [0.15, 0.2) is 29.4 Å². The van der Waals surface area contributed by atoms with Gasteiger partial charge in [-0.3, -0.25) is 10.1 Å². The molecule has 146 valence electrons. The number of nitro groups is 1. The normalized spacial score (nSPS) is 14.5. The number of hydrogen-bond donors (Lipinski definition) is 0. The summed E-state index contributed by atoms with van der Waals surface area (Å²) < 4.78 is 31.5. The summed E-state index contributed by atoms with van der Waals surface area (Å²) in [6.45, 7) is 0. The van der Waals surface area contributed by atoms with Gasteiger partial charge in [-0.05, 0) is 43.5 Å². The van der Waals surface area contributed by atoms with Crippen LogP contribution in [0.5, 0.6) is 5.75 Å². The van der Waals surface area contributed by atoms with Crippen LogP contribution in [0, 0.1) is 21.7 Å². The second-order valence-electron chi connectivity index (χ2n) is 5.92. The van der Waals surface area contributed by atoms with Crippen molar-refractivity contribution >= 4 is 29.0 Å². The Bertz CT molecular complexity index is 1010. The fourth-order valence-electron chi connectivity index (χ4n) is 2.99. The molecule has 2 aromatic rings. The largest absolute Gasteiger partial charge is 0.490 e. The summed E-state index contributed by atoms with van der Waals surface area (Å²) in [5.74, 6) is -3.41. The van der Waals surface area contributed by atoms with Gasteiger partial charge in [-0.2, -0.15) is 0 Å². The van der Waals surface area contributed by atoms with E-state index in [9.17, 15) is 23.7 Å². The van der Waals surface area contributed by atoms with Crippen molar-refractivity contribution in [2.75, 3.05) is 7.11 Å². The van der Waals surface area contributed by atoms with Gasteiger partial charge >= 0.3 is 11.7 Å². The molecule has 0 aromatic heterocycles. The van der Waals surface area contributed by atoms with E-state index in [4.69, 9.17) is 21.2 Å². The molecule has 1 aliphatic carbocycles. The van der Waals surface area contributed by atoms with Gasteiger partial charge in [0.05, 0.1) is 28.3 Å². The molecule has 0 aliphatic heterocycles. The predicted octanol–water partition coefficient (Wildman–Crippen LogP) is 4.43. The summed E-state index contributed by atoms with van der Waals surface area (Å²) in [5.41, 5.74) is 0.655. The molecule has 0 fully saturated rings. The number of methoxy groups -OCH3 is 1. The second-order valence-corrected chi connectivity index (χ2v) is 6.32. The summed E-state index contributed by atoms with van der Waals surface area (Å²) >= 11 is 5.74. The number of hydrogen-bond acceptors (Lipinski definition) is 6. The Morgan fingerprint density at radius 3 is 2.64 bits per heavy atom. The van der Waals surface area contributed by atoms with E-state index in [0.29, 0.717) is 48.2 Å². The Hall–Kier alpha value is -3.07. The summed E-state index contributed by atoms with van der Waals surface area (Å²) in [4.78, 5) is 27.9. The van der Waals surface area contributed by atoms with E-state index < -0.39 is 22.5 Å². The third kappa shape index (κ3) is 3.65. The van der Waals surface area contributed by atoms with Crippen LogP contribution in [0.3, 0.4) is 0 Å². The third-order valence-electron chi connectivity index (χ3n) is 4.27. The molecule has 1 aliphatic rings. The monoisotopic (exact) mass is 410 g/mol. The average Bonchev–Trinajstić information content (AvgIpc) is 2.67. The van der Waals surface area contributed by atoms with Crippen molar-refractivity contribution in [1.82, 2.24) is 0 Å². The van der Waals surface area contributed by atoms with Crippen molar-refractivity contribution in [3.05, 3.63) is 67.7 Å². The van der Waals surface area contributed by atoms with Crippen LogP contribution in [0.4, 0.5) is 14.5 Å². The summed E-state index contributed by atoms with van der Waals surface area (Å²) in [6.07, 6.45) is 1.39. The molecule has 2 aromatic carbocycles. The average molecular weight is 411 g/mol. The van der Waals surface area contributed by atoms with E-state index >= 15 is 0 Å². The van der Waals surface area contributed by atoms with Gasteiger partial charge in [0, 0.05) is 11.1 Å². The number of benzene rings is 2. The molecule has 0 spiro atoms. The molecular weight excluding hydrogens is 398 g/mol. The Labute approximate surface area is 162 Å². The van der Waals surface area contributed by atoms with Crippen molar-refractivity contribution in [3.63, 3.8) is 0 Å². The Morgan fingerprint density at radius 2 is 1.96 bits per heavy atom. The van der Waals surface area contributed by atoms with Gasteiger partial charge in [0.2, 0.25) is 0 Å². The van der Waals surface area contributed by atoms with Gasteiger partial charge < -0.3 is 9.57 Å². The SMILES string of the molecule is COc1ccc2c(c1[N+](=O)[O-])CCCC2=NOC(=O)c1cc(F)c(F)cc1Cl. The first-order valence-electron chi connectivity index (χ1n) is 8.10. The highest BCUT2D eigenvalue weighted by molar-refractivity contribution is 6.33. The zero-order valence-electron chi connectivity index (χ0n) is 14.5. The first-order chi connectivity index (χ1) is 13.3. The van der Waals surface area contributed by atoms with Crippen molar-refractivity contribution in [3.8, 4) is 5.75 Å². The molecule has 0 N–H and O–H groups in total. The number of carbonyl (C=O) groups is 1. The minimum atomic E-state index is -1.25. The fourth-order valence-corrected chi connectivity index (χ4v) is 3.22. The summed E-state index contributed by atoms with van der Waals surface area (Å²) in [5, 5.41) is 14.9. The maximum atomic E-state index is 13.4. The Kier molecular flexibility index (Phi) is 5.55. The van der Waals surface area contributed by atoms with E-state index in [-0.39, 0.29) is 22.0 Å². The van der Waals surface area contributed by atoms with Crippen molar-refractivity contribution in [1.29, 1.82) is 0 Å². The smallest absolute Gasteiger partial charge is 0.367 e. The van der Waals surface area contributed by atoms with Crippen LogP contribution < -0.4 is 4.74 Å². The van der Waals surface area contributed by atoms with Crippen molar-refractivity contribution in [2.24, 2.45) is 5.16 Å². The maximum absolute atomic E-state index is 13.4. The highest BCUT2D eigenvalue weighted by atomic mass is 35.5. The van der Waals surface area contributed by atoms with Crippen molar-refractivity contribution < 1.29 is 28.1 Å². The molecular formula is C18H13ClF2N2O5. The lowest BCUT2D eigenvalue weighted by Gasteiger charge is -2.18. The number of carbonyl (C=O) groups excluding carboxylic acids is 1. The molecule has 0 bridgehead atoms. The Balaban J connectivity index is 1.94. The molecule has 0 amide bonds. The summed E-state index contributed by atoms with van der Waals surface area (Å²) in [6, 6.07) is 4.31. The number of rotatable bonds is 4. The summed E-state index contributed by atoms with van der Waals surface area (Å²) in [7, 11) is 1.33. The van der Waals surface area contributed by atoms with Gasteiger partial charge in [-0.15, -0.1) is 0 Å². The van der Waals surface area contributed by atoms with E-state index in [1.54, 1.807) is 6.07 Å². The molecule has 3 rings (SSSR count). The Morgan fingerprint density at radius 1 is 1.25 bits per heavy atom. The van der Waals surface area contributed by atoms with Gasteiger partial charge in [-0.25, -0.2) is 13.6 Å². The van der Waals surface area contributed by atoms with Gasteiger partial charge in [-0.1, -0.05) is 16.8 Å². The van der Waals surface area contributed by atoms with Crippen LogP contribution in [-0.4, -0.2) is 23.7 Å². The zero-order valence-corrected chi connectivity index (χ0v) is 15.3. The molecule has 0 heterocycles. The van der Waals surface area contributed by atoms with Crippen LogP contribution >= 0.6 is 11.6 Å². The lowest BCUT2D eigenvalue weighted by Crippen LogP contribution is -2.16. The lowest BCUT2D eigenvalue weighted by atomic mass is 9.88. The highest BCUT2D eigenvalue weighted by Gasteiger charge is 2.29. The fraction of sp³-hybridized carbons (Fsp3) is 0.222. The number of fused-ring (bicyclic) bond motifs is 1. The van der Waals surface area contributed by atoms with Gasteiger partial charge in [0.15, 0.2) is 17.4 Å². The second kappa shape index (κ2) is 7.89. The first-order valence-corrected chi connectivity index (χ1v) is 8.48. The zero-order chi connectivity index (χ0) is 20.4. The molecule has 0 saturated heterocycles. The number of nitrogens with zero attached hydrogens (tertiary/aromatic N) is 2. The predicted molar refractivity (Wildman–Crippen MR) is 95.9 cm³/mol. The quantitative estimate of drug-likeness (QED) is 0.322. The minimum Gasteiger partial charge on any atom is -0.490 e. The van der Waals surface area contributed by atoms with E-state index in [2.05, 4.69) is 5.16 Å². The molecule has 0 saturated carbocycles. The number of nitro benzene ring substituents is 1. The molecule has 7 nitrogen and oxygen atoms in total. The first kappa shape index (κ1) is 19.7. The molecule has 28 heavy (non-hydrogen) atoms. The van der Waals surface area contributed by atoms with E-state index in [1.807, 2.05) is 0 Å². The number of oxime groups is 1. The van der Waals surface area contributed by atoms with Crippen LogP contribution in [0.25, 0.3) is 0 Å². The lowest BCUT2D eigenvalue weighted by molar-refractivity contribution is -0.386. The molecule has 10 heteroatoms. The van der Waals surface area contributed by atoms with E-state index in [0.717, 1.165) is 0 Å². The highest BCUT2D eigenvalue weighted by Crippen LogP contribution is 2.37. The van der Waals surface area contributed by atoms with Crippen molar-refractivity contribution in [2.45, 2.75) is 19.3 Å². The topological polar surface area (TPSA) is 91.0 Å². The van der Waals surface area contributed by atoms with Gasteiger partial charge in [0.1, 0.15) is 0 Å². The third-order valence-corrected chi connectivity index (χ3v) is 4.58. The molecule has 0 radical (unpaired) electrons. The standard InChI is InChI=1S/C18H13ClF2N2O5/c1-27-16-6-5-9-10(17(16)23(25)26)3-2-4-15(9)22-28-18(24)11-7-13(20)14(21)8-12(11)19/h5-8H,2-4H2,1H3. The number of halogens is 3.